The summed E-state index contributed by atoms with van der Waals surface area (Å²) in [6.07, 6.45) is 0. The fourth-order valence-electron chi connectivity index (χ4n) is 3.86. The number of aromatic nitrogens is 1. The van der Waals surface area contributed by atoms with E-state index in [1.807, 2.05) is 60.8 Å². The minimum Gasteiger partial charge on any atom is -0.487 e. The summed E-state index contributed by atoms with van der Waals surface area (Å²) >= 11 is 1.52. The molecule has 2 aromatic carbocycles. The molecule has 3 aromatic rings. The zero-order valence-electron chi connectivity index (χ0n) is 19.3. The van der Waals surface area contributed by atoms with Crippen LogP contribution in [0, 0.1) is 5.41 Å². The maximum absolute atomic E-state index is 13.0. The van der Waals surface area contributed by atoms with E-state index in [0.717, 1.165) is 33.5 Å². The summed E-state index contributed by atoms with van der Waals surface area (Å²) in [6, 6.07) is 15.5. The predicted molar refractivity (Wildman–Crippen MR) is 132 cm³/mol. The standard InChI is InChI=1S/C25H28N4O3S/c1-5-29-20-12-11-17(13-21(20)28(4)22(30)25(2,3)23(29)31)14-26-24-27-18(16-33-24)15-32-19-9-7-6-8-10-19/h6-13,16H,5,14-15H2,1-4H3,(H,26,27). The number of para-hydroxylation sites is 1. The first-order chi connectivity index (χ1) is 15.8. The molecule has 1 N–H and O–H groups in total. The van der Waals surface area contributed by atoms with E-state index in [1.54, 1.807) is 30.7 Å². The lowest BCUT2D eigenvalue weighted by Crippen LogP contribution is -2.47. The maximum Gasteiger partial charge on any atom is 0.242 e. The third kappa shape index (κ3) is 4.57. The van der Waals surface area contributed by atoms with Gasteiger partial charge in [0.2, 0.25) is 11.8 Å². The molecule has 1 aliphatic heterocycles. The van der Waals surface area contributed by atoms with Gasteiger partial charge in [0.05, 0.1) is 17.1 Å². The molecule has 0 radical (unpaired) electrons. The van der Waals surface area contributed by atoms with Crippen molar-refractivity contribution in [2.45, 2.75) is 33.9 Å². The number of rotatable bonds is 7. The Morgan fingerprint density at radius 3 is 2.55 bits per heavy atom. The largest absolute Gasteiger partial charge is 0.487 e. The number of anilines is 3. The first-order valence-corrected chi connectivity index (χ1v) is 11.8. The highest BCUT2D eigenvalue weighted by molar-refractivity contribution is 7.13. The van der Waals surface area contributed by atoms with Gasteiger partial charge < -0.3 is 19.9 Å². The molecular formula is C25H28N4O3S. The van der Waals surface area contributed by atoms with Crippen molar-refractivity contribution in [3.8, 4) is 5.75 Å². The summed E-state index contributed by atoms with van der Waals surface area (Å²) < 4.78 is 5.76. The van der Waals surface area contributed by atoms with Gasteiger partial charge in [-0.15, -0.1) is 11.3 Å². The second-order valence-corrected chi connectivity index (χ2v) is 9.32. The van der Waals surface area contributed by atoms with Crippen molar-refractivity contribution < 1.29 is 14.3 Å². The summed E-state index contributed by atoms with van der Waals surface area (Å²) in [5.74, 6) is 0.420. The number of nitrogens with zero attached hydrogens (tertiary/aromatic N) is 3. The van der Waals surface area contributed by atoms with E-state index in [-0.39, 0.29) is 11.8 Å². The van der Waals surface area contributed by atoms with Gasteiger partial charge in [0.25, 0.3) is 0 Å². The van der Waals surface area contributed by atoms with Crippen molar-refractivity contribution in [2.75, 3.05) is 28.7 Å². The lowest BCUT2D eigenvalue weighted by molar-refractivity contribution is -0.137. The molecule has 2 heterocycles. The van der Waals surface area contributed by atoms with Crippen molar-refractivity contribution in [1.82, 2.24) is 4.98 Å². The average Bonchev–Trinajstić information content (AvgIpc) is 3.28. The molecule has 0 atom stereocenters. The molecule has 0 saturated carbocycles. The number of fused-ring (bicyclic) bond motifs is 1. The van der Waals surface area contributed by atoms with Crippen LogP contribution in [0.1, 0.15) is 32.0 Å². The van der Waals surface area contributed by atoms with Gasteiger partial charge in [-0.3, -0.25) is 9.59 Å². The van der Waals surface area contributed by atoms with Crippen LogP contribution in [-0.4, -0.2) is 30.4 Å². The highest BCUT2D eigenvalue weighted by Crippen LogP contribution is 2.38. The Morgan fingerprint density at radius 1 is 1.06 bits per heavy atom. The molecule has 2 amide bonds. The first-order valence-electron chi connectivity index (χ1n) is 10.9. The maximum atomic E-state index is 13.0. The Labute approximate surface area is 198 Å². The van der Waals surface area contributed by atoms with Gasteiger partial charge >= 0.3 is 0 Å². The second-order valence-electron chi connectivity index (χ2n) is 8.46. The number of hydrogen-bond donors (Lipinski definition) is 1. The van der Waals surface area contributed by atoms with E-state index in [9.17, 15) is 9.59 Å². The van der Waals surface area contributed by atoms with Gasteiger partial charge in [-0.25, -0.2) is 4.98 Å². The Kier molecular flexibility index (Phi) is 6.37. The molecule has 0 aliphatic carbocycles. The van der Waals surface area contributed by atoms with Crippen LogP contribution in [0.3, 0.4) is 0 Å². The quantitative estimate of drug-likeness (QED) is 0.514. The van der Waals surface area contributed by atoms with Crippen molar-refractivity contribution in [1.29, 1.82) is 0 Å². The third-order valence-corrected chi connectivity index (χ3v) is 6.60. The smallest absolute Gasteiger partial charge is 0.242 e. The number of thiazole rings is 1. The fourth-order valence-corrected chi connectivity index (χ4v) is 4.56. The molecule has 33 heavy (non-hydrogen) atoms. The normalized spacial score (nSPS) is 15.3. The SMILES string of the molecule is CCN1C(=O)C(C)(C)C(=O)N(C)c2cc(CNc3nc(COc4ccccc4)cs3)ccc21. The number of ether oxygens (including phenoxy) is 1. The topological polar surface area (TPSA) is 74.8 Å². The number of carbonyl (C=O) groups is 2. The van der Waals surface area contributed by atoms with Gasteiger partial charge in [0.15, 0.2) is 5.13 Å². The number of benzene rings is 2. The van der Waals surface area contributed by atoms with Gasteiger partial charge in [-0.1, -0.05) is 24.3 Å². The first kappa shape index (κ1) is 22.8. The van der Waals surface area contributed by atoms with E-state index in [1.165, 1.54) is 11.3 Å². The minimum atomic E-state index is -1.11. The van der Waals surface area contributed by atoms with Crippen LogP contribution in [0.5, 0.6) is 5.75 Å². The number of amides is 2. The summed E-state index contributed by atoms with van der Waals surface area (Å²) in [4.78, 5) is 33.9. The predicted octanol–water partition coefficient (Wildman–Crippen LogP) is 4.69. The Balaban J connectivity index is 1.47. The van der Waals surface area contributed by atoms with Gasteiger partial charge in [-0.05, 0) is 50.6 Å². The molecule has 0 unspecified atom stereocenters. The molecule has 0 bridgehead atoms. The van der Waals surface area contributed by atoms with Crippen molar-refractivity contribution >= 4 is 39.7 Å². The van der Waals surface area contributed by atoms with E-state index >= 15 is 0 Å². The van der Waals surface area contributed by atoms with Gasteiger partial charge in [0.1, 0.15) is 17.8 Å². The highest BCUT2D eigenvalue weighted by Gasteiger charge is 2.45. The number of hydrogen-bond acceptors (Lipinski definition) is 6. The lowest BCUT2D eigenvalue weighted by atomic mass is 9.90. The average molecular weight is 465 g/mol. The Morgan fingerprint density at radius 2 is 1.82 bits per heavy atom. The summed E-state index contributed by atoms with van der Waals surface area (Å²) in [5.41, 5.74) is 2.23. The van der Waals surface area contributed by atoms with E-state index in [4.69, 9.17) is 4.74 Å². The second kappa shape index (κ2) is 9.23. The fraction of sp³-hybridized carbons (Fsp3) is 0.320. The van der Waals surface area contributed by atoms with Crippen LogP contribution >= 0.6 is 11.3 Å². The molecule has 8 heteroatoms. The van der Waals surface area contributed by atoms with Crippen molar-refractivity contribution in [3.05, 3.63) is 65.2 Å². The van der Waals surface area contributed by atoms with Crippen LogP contribution in [0.4, 0.5) is 16.5 Å². The van der Waals surface area contributed by atoms with Crippen LogP contribution in [0.25, 0.3) is 0 Å². The number of carbonyl (C=O) groups excluding carboxylic acids is 2. The number of nitrogens with one attached hydrogen (secondary N) is 1. The van der Waals surface area contributed by atoms with Gasteiger partial charge in [0, 0.05) is 25.5 Å². The summed E-state index contributed by atoms with van der Waals surface area (Å²) in [6.45, 7) is 6.75. The Hall–Kier alpha value is -3.39. The van der Waals surface area contributed by atoms with Crippen LogP contribution in [0.15, 0.2) is 53.9 Å². The van der Waals surface area contributed by atoms with Crippen LogP contribution in [0.2, 0.25) is 0 Å². The zero-order chi connectivity index (χ0) is 23.6. The summed E-state index contributed by atoms with van der Waals surface area (Å²) in [7, 11) is 1.73. The zero-order valence-corrected chi connectivity index (χ0v) is 20.1. The molecule has 1 aromatic heterocycles. The van der Waals surface area contributed by atoms with Crippen molar-refractivity contribution in [3.63, 3.8) is 0 Å². The van der Waals surface area contributed by atoms with Crippen molar-refractivity contribution in [2.24, 2.45) is 5.41 Å². The van der Waals surface area contributed by atoms with Crippen LogP contribution in [-0.2, 0) is 22.7 Å². The highest BCUT2D eigenvalue weighted by atomic mass is 32.1. The third-order valence-electron chi connectivity index (χ3n) is 5.75. The van der Waals surface area contributed by atoms with Gasteiger partial charge in [-0.2, -0.15) is 0 Å². The van der Waals surface area contributed by atoms with E-state index < -0.39 is 5.41 Å². The monoisotopic (exact) mass is 464 g/mol. The minimum absolute atomic E-state index is 0.181. The molecule has 1 aliphatic rings. The molecule has 0 spiro atoms. The Bertz CT molecular complexity index is 1160. The lowest BCUT2D eigenvalue weighted by Gasteiger charge is -2.27. The van der Waals surface area contributed by atoms with Crippen LogP contribution < -0.4 is 19.9 Å². The summed E-state index contributed by atoms with van der Waals surface area (Å²) in [5, 5.41) is 6.12. The molecule has 0 fully saturated rings. The molecule has 0 saturated heterocycles. The molecule has 4 rings (SSSR count). The molecular weight excluding hydrogens is 436 g/mol. The van der Waals surface area contributed by atoms with E-state index in [0.29, 0.717) is 19.7 Å². The molecule has 172 valence electrons. The van der Waals surface area contributed by atoms with E-state index in [2.05, 4.69) is 10.3 Å². The molecule has 7 nitrogen and oxygen atoms in total.